The fourth-order valence-corrected chi connectivity index (χ4v) is 5.92. The van der Waals surface area contributed by atoms with Gasteiger partial charge in [0.05, 0.1) is 38.5 Å². The van der Waals surface area contributed by atoms with Gasteiger partial charge in [-0.05, 0) is 61.9 Å². The summed E-state index contributed by atoms with van der Waals surface area (Å²) in [5.74, 6) is -0.734. The van der Waals surface area contributed by atoms with Crippen LogP contribution in [0.25, 0.3) is 16.5 Å². The first-order valence-corrected chi connectivity index (χ1v) is 14.9. The lowest BCUT2D eigenvalue weighted by Gasteiger charge is -2.15. The van der Waals surface area contributed by atoms with E-state index in [1.807, 2.05) is 6.92 Å². The zero-order valence-electron chi connectivity index (χ0n) is 24.0. The molecule has 236 valence electrons. The zero-order valence-corrected chi connectivity index (χ0v) is 24.8. The van der Waals surface area contributed by atoms with Gasteiger partial charge < -0.3 is 5.11 Å². The molecule has 11 nitrogen and oxygen atoms in total. The number of hydrogen-bond donors (Lipinski definition) is 3. The normalized spacial score (nSPS) is 12.0. The summed E-state index contributed by atoms with van der Waals surface area (Å²) in [7, 11) is -4.22. The highest BCUT2D eigenvalue weighted by molar-refractivity contribution is 7.92. The monoisotopic (exact) mass is 651 g/mol. The number of nitrogens with one attached hydrogen (secondary N) is 2. The number of halogens is 3. The number of alkyl halides is 3. The lowest BCUT2D eigenvalue weighted by atomic mass is 10.1. The van der Waals surface area contributed by atoms with E-state index in [2.05, 4.69) is 15.2 Å². The van der Waals surface area contributed by atoms with E-state index in [9.17, 15) is 41.6 Å². The Labute approximate surface area is 259 Å². The van der Waals surface area contributed by atoms with E-state index in [4.69, 9.17) is 0 Å². The molecule has 4 aromatic carbocycles. The van der Waals surface area contributed by atoms with Gasteiger partial charge in [0.25, 0.3) is 21.3 Å². The molecule has 0 atom stereocenters. The minimum Gasteiger partial charge on any atom is -0.494 e. The van der Waals surface area contributed by atoms with Gasteiger partial charge in [-0.25, -0.2) is 13.0 Å². The molecule has 15 heteroatoms. The largest absolute Gasteiger partial charge is 0.494 e. The van der Waals surface area contributed by atoms with Crippen LogP contribution in [0.15, 0.2) is 99.7 Å². The van der Waals surface area contributed by atoms with Crippen LogP contribution in [0.5, 0.6) is 5.88 Å². The number of aryl methyl sites for hydroxylation is 2. The topological polar surface area (TPSA) is 156 Å². The van der Waals surface area contributed by atoms with Crippen molar-refractivity contribution < 1.29 is 31.6 Å². The molecule has 0 bridgehead atoms. The number of nitrogens with zero attached hydrogens (tertiary/aromatic N) is 3. The first-order chi connectivity index (χ1) is 21.7. The molecule has 0 aliphatic heterocycles. The minimum atomic E-state index is -4.71. The molecule has 5 rings (SSSR count). The molecule has 0 radical (unpaired) electrons. The summed E-state index contributed by atoms with van der Waals surface area (Å²) in [5, 5.41) is 27.2. The van der Waals surface area contributed by atoms with Gasteiger partial charge in [0.2, 0.25) is 5.88 Å². The summed E-state index contributed by atoms with van der Waals surface area (Å²) in [5.41, 5.74) is 1.31. The van der Waals surface area contributed by atoms with E-state index in [1.165, 1.54) is 24.3 Å². The maximum Gasteiger partial charge on any atom is 0.416 e. The summed E-state index contributed by atoms with van der Waals surface area (Å²) < 4.78 is 69.4. The van der Waals surface area contributed by atoms with Crippen LogP contribution in [0.3, 0.4) is 0 Å². The number of pyridine rings is 1. The number of rotatable bonds is 8. The first kappa shape index (κ1) is 31.7. The maximum absolute atomic E-state index is 13.4. The number of hydrazone groups is 1. The Morgan fingerprint density at radius 1 is 0.935 bits per heavy atom. The third kappa shape index (κ3) is 6.25. The second kappa shape index (κ2) is 12.0. The van der Waals surface area contributed by atoms with Gasteiger partial charge in [0.15, 0.2) is 0 Å². The van der Waals surface area contributed by atoms with Crippen LogP contribution in [-0.2, 0) is 16.2 Å². The predicted octanol–water partition coefficient (Wildman–Crippen LogP) is 6.49. The van der Waals surface area contributed by atoms with Gasteiger partial charge in [-0.15, -0.1) is 0 Å². The van der Waals surface area contributed by atoms with Crippen molar-refractivity contribution in [3.05, 3.63) is 128 Å². The standard InChI is InChI=1S/C31H24F3N5O6S/c1-18-10-12-26(19(2)14-18)37-46(44,45)22-11-13-27(28(16-22)39(42)43)36-35-17-25-23-8-3-4-9-24(23)29(40)38(30(25)41)21-7-5-6-20(15-21)31(32,33)34/h3-17,36-37,41H,1-2H3/b35-17+. The number of hydrogen-bond acceptors (Lipinski definition) is 8. The summed E-state index contributed by atoms with van der Waals surface area (Å²) in [6, 6.07) is 18.0. The number of anilines is 2. The van der Waals surface area contributed by atoms with Crippen molar-refractivity contribution in [1.29, 1.82) is 0 Å². The van der Waals surface area contributed by atoms with Crippen LogP contribution in [0.2, 0.25) is 0 Å². The molecule has 0 saturated heterocycles. The number of nitro benzene ring substituents is 1. The lowest BCUT2D eigenvalue weighted by molar-refractivity contribution is -0.384. The van der Waals surface area contributed by atoms with Gasteiger partial charge in [0.1, 0.15) is 5.69 Å². The minimum absolute atomic E-state index is 0.0519. The SMILES string of the molecule is Cc1ccc(NS(=O)(=O)c2ccc(N/N=C/c3c(O)n(-c4cccc(C(F)(F)F)c4)c(=O)c4ccccc34)c([N+](=O)[O-])c2)c(C)c1. The Morgan fingerprint density at radius 2 is 1.63 bits per heavy atom. The quantitative estimate of drug-likeness (QED) is 0.0984. The van der Waals surface area contributed by atoms with Crippen molar-refractivity contribution >= 4 is 44.1 Å². The highest BCUT2D eigenvalue weighted by Gasteiger charge is 2.31. The van der Waals surface area contributed by atoms with E-state index in [0.717, 1.165) is 42.1 Å². The molecule has 0 unspecified atom stereocenters. The molecule has 0 saturated carbocycles. The van der Waals surface area contributed by atoms with Crippen LogP contribution in [0.4, 0.5) is 30.2 Å². The molecular formula is C31H24F3N5O6S. The smallest absolute Gasteiger partial charge is 0.416 e. The average Bonchev–Trinajstić information content (AvgIpc) is 3.00. The second-order valence-corrected chi connectivity index (χ2v) is 11.9. The maximum atomic E-state index is 13.4. The van der Waals surface area contributed by atoms with E-state index >= 15 is 0 Å². The van der Waals surface area contributed by atoms with Crippen LogP contribution in [-0.4, -0.2) is 29.2 Å². The van der Waals surface area contributed by atoms with E-state index < -0.39 is 43.8 Å². The Hall–Kier alpha value is -5.70. The van der Waals surface area contributed by atoms with Gasteiger partial charge in [-0.2, -0.15) is 18.3 Å². The number of benzene rings is 4. The van der Waals surface area contributed by atoms with Gasteiger partial charge in [-0.3, -0.25) is 25.1 Å². The molecule has 0 spiro atoms. The third-order valence-electron chi connectivity index (χ3n) is 7.02. The van der Waals surface area contributed by atoms with Crippen LogP contribution < -0.4 is 15.7 Å². The van der Waals surface area contributed by atoms with Gasteiger partial charge in [-0.1, -0.05) is 42.0 Å². The van der Waals surface area contributed by atoms with E-state index in [1.54, 1.807) is 31.2 Å². The molecular weight excluding hydrogens is 627 g/mol. The molecule has 46 heavy (non-hydrogen) atoms. The third-order valence-corrected chi connectivity index (χ3v) is 8.38. The Bertz CT molecular complexity index is 2220. The highest BCUT2D eigenvalue weighted by atomic mass is 32.2. The number of fused-ring (bicyclic) bond motifs is 1. The van der Waals surface area contributed by atoms with Gasteiger partial charge >= 0.3 is 6.18 Å². The first-order valence-electron chi connectivity index (χ1n) is 13.4. The highest BCUT2D eigenvalue weighted by Crippen LogP contribution is 2.33. The van der Waals surface area contributed by atoms with Crippen molar-refractivity contribution in [2.24, 2.45) is 5.10 Å². The molecule has 5 aromatic rings. The number of aromatic nitrogens is 1. The van der Waals surface area contributed by atoms with Crippen LogP contribution in [0, 0.1) is 24.0 Å². The Balaban J connectivity index is 1.52. The molecule has 3 N–H and O–H groups in total. The van der Waals surface area contributed by atoms with Gasteiger partial charge in [0, 0.05) is 16.8 Å². The summed E-state index contributed by atoms with van der Waals surface area (Å²) in [6.45, 7) is 3.56. The molecule has 1 aromatic heterocycles. The van der Waals surface area contributed by atoms with E-state index in [-0.39, 0.29) is 32.6 Å². The average molecular weight is 652 g/mol. The number of aromatic hydroxyl groups is 1. The van der Waals surface area contributed by atoms with E-state index in [0.29, 0.717) is 21.9 Å². The predicted molar refractivity (Wildman–Crippen MR) is 167 cm³/mol. The number of sulfonamides is 1. The zero-order chi connectivity index (χ0) is 33.4. The van der Waals surface area contributed by atoms with Crippen molar-refractivity contribution in [2.75, 3.05) is 10.1 Å². The fourth-order valence-electron chi connectivity index (χ4n) is 4.77. The number of nitro groups is 1. The second-order valence-electron chi connectivity index (χ2n) is 10.2. The lowest BCUT2D eigenvalue weighted by Crippen LogP contribution is -2.20. The molecule has 0 fully saturated rings. The van der Waals surface area contributed by atoms with Crippen molar-refractivity contribution in [1.82, 2.24) is 4.57 Å². The molecule has 0 aliphatic carbocycles. The molecule has 1 heterocycles. The summed E-state index contributed by atoms with van der Waals surface area (Å²) in [6.07, 6.45) is -3.67. The van der Waals surface area contributed by atoms with Crippen molar-refractivity contribution in [2.45, 2.75) is 24.9 Å². The van der Waals surface area contributed by atoms with Crippen molar-refractivity contribution in [3.63, 3.8) is 0 Å². The summed E-state index contributed by atoms with van der Waals surface area (Å²) >= 11 is 0. The Kier molecular flexibility index (Phi) is 8.28. The molecule has 0 aliphatic rings. The Morgan fingerprint density at radius 3 is 2.30 bits per heavy atom. The fraction of sp³-hybridized carbons (Fsp3) is 0.0968. The van der Waals surface area contributed by atoms with Crippen LogP contribution in [0.1, 0.15) is 22.3 Å². The van der Waals surface area contributed by atoms with Crippen LogP contribution >= 0.6 is 0 Å². The molecule has 0 amide bonds. The summed E-state index contributed by atoms with van der Waals surface area (Å²) in [4.78, 5) is 24.0. The van der Waals surface area contributed by atoms with Crippen molar-refractivity contribution in [3.8, 4) is 11.6 Å².